The van der Waals surface area contributed by atoms with Gasteiger partial charge >= 0.3 is 0 Å². The molecule has 1 aromatic heterocycles. The van der Waals surface area contributed by atoms with E-state index in [2.05, 4.69) is 82.8 Å². The molecule has 4 aromatic carbocycles. The zero-order valence-electron chi connectivity index (χ0n) is 29.8. The summed E-state index contributed by atoms with van der Waals surface area (Å²) >= 11 is 0. The molecule has 4 unspecified atom stereocenters. The van der Waals surface area contributed by atoms with E-state index in [0.717, 1.165) is 70.9 Å². The lowest BCUT2D eigenvalue weighted by molar-refractivity contribution is -0.276. The van der Waals surface area contributed by atoms with Crippen LogP contribution in [0.15, 0.2) is 109 Å². The second kappa shape index (κ2) is 16.1. The fourth-order valence-electron chi connectivity index (χ4n) is 7.16. The lowest BCUT2D eigenvalue weighted by Crippen LogP contribution is -2.45. The molecule has 2 N–H and O–H groups in total. The third-order valence-corrected chi connectivity index (χ3v) is 10.2. The van der Waals surface area contributed by atoms with E-state index in [1.807, 2.05) is 24.3 Å². The number of aromatic nitrogens is 1. The third kappa shape index (κ3) is 7.88. The maximum absolute atomic E-state index is 12.6. The first-order valence-electron chi connectivity index (χ1n) is 17.8. The minimum atomic E-state index is -0.562. The average Bonchev–Trinajstić information content (AvgIpc) is 3.20. The number of methoxy groups -OCH3 is 2. The number of aliphatic hydroxyl groups is 1. The molecule has 268 valence electrons. The van der Waals surface area contributed by atoms with Crippen LogP contribution in [0.1, 0.15) is 63.1 Å². The highest BCUT2D eigenvalue weighted by Gasteiger charge is 2.39. The van der Waals surface area contributed by atoms with Gasteiger partial charge in [-0.3, -0.25) is 14.7 Å². The van der Waals surface area contributed by atoms with E-state index in [-0.39, 0.29) is 30.6 Å². The number of ether oxygens (including phenoxy) is 4. The highest BCUT2D eigenvalue weighted by molar-refractivity contribution is 5.93. The van der Waals surface area contributed by atoms with Crippen LogP contribution in [0.25, 0.3) is 11.1 Å². The number of rotatable bonds is 11. The summed E-state index contributed by atoms with van der Waals surface area (Å²) in [5.41, 5.74) is 9.05. The standard InChI is InChI=1S/C43H45N3O6/c1-28-40(26-46-19-17-35-21-38(49-2)39(50-3)22-37(35)25-46)51-43(52-41(28)32-11-9-29(27-47)10-12-32)33-15-13-31(14-16-33)34-7-4-6-30(20-34)23-45-42(48)36-8-5-18-44-24-36/h4-16,18,20-22,24,28,40-41,43,47H,17,19,23,25-27H2,1-3H3,(H,45,48). The molecule has 0 saturated carbocycles. The second-order valence-electron chi connectivity index (χ2n) is 13.5. The first kappa shape index (κ1) is 35.3. The predicted molar refractivity (Wildman–Crippen MR) is 199 cm³/mol. The summed E-state index contributed by atoms with van der Waals surface area (Å²) in [6.07, 6.45) is 3.28. The Morgan fingerprint density at radius 1 is 0.865 bits per heavy atom. The number of carbonyl (C=O) groups excluding carboxylic acids is 1. The first-order chi connectivity index (χ1) is 25.4. The highest BCUT2D eigenvalue weighted by atomic mass is 16.7. The van der Waals surface area contributed by atoms with Gasteiger partial charge in [0.25, 0.3) is 5.91 Å². The molecule has 0 bridgehead atoms. The Morgan fingerprint density at radius 3 is 2.33 bits per heavy atom. The number of carbonyl (C=O) groups is 1. The lowest BCUT2D eigenvalue weighted by Gasteiger charge is -2.43. The smallest absolute Gasteiger partial charge is 0.253 e. The van der Waals surface area contributed by atoms with E-state index in [0.29, 0.717) is 12.1 Å². The molecule has 2 aliphatic heterocycles. The van der Waals surface area contributed by atoms with Gasteiger partial charge in [-0.2, -0.15) is 0 Å². The van der Waals surface area contributed by atoms with Crippen LogP contribution in [-0.4, -0.2) is 54.3 Å². The maximum Gasteiger partial charge on any atom is 0.253 e. The fourth-order valence-corrected chi connectivity index (χ4v) is 7.16. The molecule has 1 fully saturated rings. The van der Waals surface area contributed by atoms with Gasteiger partial charge in [-0.25, -0.2) is 0 Å². The van der Waals surface area contributed by atoms with Gasteiger partial charge in [0.15, 0.2) is 17.8 Å². The van der Waals surface area contributed by atoms with E-state index in [1.54, 1.807) is 38.7 Å². The number of fused-ring (bicyclic) bond motifs is 1. The van der Waals surface area contributed by atoms with Crippen molar-refractivity contribution >= 4 is 5.91 Å². The summed E-state index contributed by atoms with van der Waals surface area (Å²) in [7, 11) is 3.35. The molecule has 0 spiro atoms. The summed E-state index contributed by atoms with van der Waals surface area (Å²) in [6.45, 7) is 5.07. The quantitative estimate of drug-likeness (QED) is 0.152. The van der Waals surface area contributed by atoms with E-state index in [1.165, 1.54) is 11.1 Å². The van der Waals surface area contributed by atoms with Crippen LogP contribution < -0.4 is 14.8 Å². The van der Waals surface area contributed by atoms with Crippen molar-refractivity contribution in [2.45, 2.75) is 51.5 Å². The van der Waals surface area contributed by atoms with Crippen molar-refractivity contribution in [2.75, 3.05) is 27.3 Å². The number of nitrogens with one attached hydrogen (secondary N) is 1. The van der Waals surface area contributed by atoms with E-state index in [4.69, 9.17) is 18.9 Å². The van der Waals surface area contributed by atoms with Crippen molar-refractivity contribution in [1.29, 1.82) is 0 Å². The Morgan fingerprint density at radius 2 is 1.62 bits per heavy atom. The normalized spacial score (nSPS) is 20.2. The summed E-state index contributed by atoms with van der Waals surface area (Å²) in [6, 6.07) is 32.2. The number of nitrogens with zero attached hydrogens (tertiary/aromatic N) is 2. The molecule has 3 heterocycles. The van der Waals surface area contributed by atoms with Crippen LogP contribution in [0.3, 0.4) is 0 Å². The Hall–Kier alpha value is -5.06. The fraction of sp³-hybridized carbons (Fsp3) is 0.302. The number of aliphatic hydroxyl groups excluding tert-OH is 1. The maximum atomic E-state index is 12.6. The molecule has 7 rings (SSSR count). The van der Waals surface area contributed by atoms with Crippen LogP contribution in [0.5, 0.6) is 11.5 Å². The SMILES string of the molecule is COc1cc2c(cc1OC)CN(CC1OC(c3ccc(-c4cccc(CNC(=O)c5cccnc5)c4)cc3)OC(c3ccc(CO)cc3)C1C)CC2. The third-order valence-electron chi connectivity index (χ3n) is 10.2. The summed E-state index contributed by atoms with van der Waals surface area (Å²) in [4.78, 5) is 19.1. The molecular weight excluding hydrogens is 654 g/mol. The molecule has 1 amide bonds. The van der Waals surface area contributed by atoms with Crippen LogP contribution in [0, 0.1) is 5.92 Å². The van der Waals surface area contributed by atoms with Gasteiger partial charge in [-0.05, 0) is 75.7 Å². The van der Waals surface area contributed by atoms with Gasteiger partial charge in [0.2, 0.25) is 0 Å². The van der Waals surface area contributed by atoms with Gasteiger partial charge in [0.1, 0.15) is 0 Å². The highest BCUT2D eigenvalue weighted by Crippen LogP contribution is 2.43. The molecule has 9 nitrogen and oxygen atoms in total. The van der Waals surface area contributed by atoms with E-state index in [9.17, 15) is 9.90 Å². The first-order valence-corrected chi connectivity index (χ1v) is 17.8. The van der Waals surface area contributed by atoms with Crippen molar-refractivity contribution in [3.05, 3.63) is 148 Å². The lowest BCUT2D eigenvalue weighted by atomic mass is 9.89. The molecule has 9 heteroatoms. The van der Waals surface area contributed by atoms with Crippen LogP contribution in [0.2, 0.25) is 0 Å². The number of benzene rings is 4. The second-order valence-corrected chi connectivity index (χ2v) is 13.5. The van der Waals surface area contributed by atoms with Crippen molar-refractivity contribution in [1.82, 2.24) is 15.2 Å². The van der Waals surface area contributed by atoms with Crippen LogP contribution >= 0.6 is 0 Å². The topological polar surface area (TPSA) is 102 Å². The molecule has 2 aliphatic rings. The van der Waals surface area contributed by atoms with Crippen molar-refractivity contribution in [2.24, 2.45) is 5.92 Å². The number of hydrogen-bond donors (Lipinski definition) is 2. The van der Waals surface area contributed by atoms with E-state index >= 15 is 0 Å². The molecule has 0 radical (unpaired) electrons. The minimum absolute atomic E-state index is 0.00188. The average molecular weight is 700 g/mol. The number of pyridine rings is 1. The predicted octanol–water partition coefficient (Wildman–Crippen LogP) is 7.04. The van der Waals surface area contributed by atoms with Crippen molar-refractivity contribution < 1.29 is 28.8 Å². The number of hydrogen-bond acceptors (Lipinski definition) is 8. The van der Waals surface area contributed by atoms with Gasteiger partial charge in [0, 0.05) is 50.1 Å². The molecule has 0 aliphatic carbocycles. The zero-order valence-corrected chi connectivity index (χ0v) is 29.8. The monoisotopic (exact) mass is 699 g/mol. The molecule has 4 atom stereocenters. The van der Waals surface area contributed by atoms with E-state index < -0.39 is 6.29 Å². The summed E-state index contributed by atoms with van der Waals surface area (Å²) < 4.78 is 24.7. The minimum Gasteiger partial charge on any atom is -0.493 e. The molecule has 52 heavy (non-hydrogen) atoms. The Labute approximate surface area is 305 Å². The molecule has 5 aromatic rings. The molecular formula is C43H45N3O6. The van der Waals surface area contributed by atoms with Crippen LogP contribution in [-0.2, 0) is 35.6 Å². The molecule has 1 saturated heterocycles. The Balaban J connectivity index is 1.08. The van der Waals surface area contributed by atoms with Gasteiger partial charge in [-0.1, -0.05) is 73.7 Å². The Kier molecular flexibility index (Phi) is 10.9. The Bertz CT molecular complexity index is 1970. The van der Waals surface area contributed by atoms with Gasteiger partial charge < -0.3 is 29.4 Å². The number of amides is 1. The summed E-state index contributed by atoms with van der Waals surface area (Å²) in [5.74, 6) is 1.42. The zero-order chi connectivity index (χ0) is 36.0. The van der Waals surface area contributed by atoms with Crippen molar-refractivity contribution in [3.63, 3.8) is 0 Å². The van der Waals surface area contributed by atoms with Gasteiger partial charge in [0.05, 0.1) is 38.6 Å². The van der Waals surface area contributed by atoms with Crippen LogP contribution in [0.4, 0.5) is 0 Å². The summed E-state index contributed by atoms with van der Waals surface area (Å²) in [5, 5.41) is 12.6. The van der Waals surface area contributed by atoms with Crippen molar-refractivity contribution in [3.8, 4) is 22.6 Å². The van der Waals surface area contributed by atoms with Gasteiger partial charge in [-0.15, -0.1) is 0 Å². The largest absolute Gasteiger partial charge is 0.493 e.